The Bertz CT molecular complexity index is 439. The maximum absolute atomic E-state index is 11.2. The maximum Gasteiger partial charge on any atom is 0.358 e. The van der Waals surface area contributed by atoms with Crippen molar-refractivity contribution in [2.45, 2.75) is 33.2 Å². The van der Waals surface area contributed by atoms with Crippen LogP contribution in [0.2, 0.25) is 0 Å². The molecule has 1 rings (SSSR count). The number of hydrogen-bond donors (Lipinski definition) is 2. The first-order chi connectivity index (χ1) is 8.45. The van der Waals surface area contributed by atoms with Crippen molar-refractivity contribution in [2.24, 2.45) is 5.92 Å². The fourth-order valence-electron chi connectivity index (χ4n) is 1.60. The molecule has 1 aromatic heterocycles. The van der Waals surface area contributed by atoms with Gasteiger partial charge in [-0.2, -0.15) is 0 Å². The molecule has 0 aliphatic carbocycles. The predicted molar refractivity (Wildman–Crippen MR) is 64.2 cm³/mol. The summed E-state index contributed by atoms with van der Waals surface area (Å²) in [5.74, 6) is -0.907. The minimum absolute atomic E-state index is 0.0272. The van der Waals surface area contributed by atoms with Crippen LogP contribution in [0.4, 0.5) is 0 Å². The zero-order chi connectivity index (χ0) is 13.7. The van der Waals surface area contributed by atoms with Crippen LogP contribution < -0.4 is 5.32 Å². The van der Waals surface area contributed by atoms with Crippen molar-refractivity contribution in [3.63, 3.8) is 0 Å². The molecule has 0 radical (unpaired) electrons. The number of amides is 1. The van der Waals surface area contributed by atoms with Gasteiger partial charge in [-0.25, -0.2) is 9.48 Å². The molecule has 18 heavy (non-hydrogen) atoms. The number of aromatic nitrogens is 3. The van der Waals surface area contributed by atoms with Crippen LogP contribution in [0.25, 0.3) is 0 Å². The molecule has 0 aromatic carbocycles. The van der Waals surface area contributed by atoms with Gasteiger partial charge < -0.3 is 10.4 Å². The average molecular weight is 254 g/mol. The van der Waals surface area contributed by atoms with Crippen molar-refractivity contribution in [3.8, 4) is 0 Å². The Morgan fingerprint density at radius 2 is 2.11 bits per heavy atom. The van der Waals surface area contributed by atoms with E-state index >= 15 is 0 Å². The van der Waals surface area contributed by atoms with E-state index in [2.05, 4.69) is 15.6 Å². The second-order valence-corrected chi connectivity index (χ2v) is 4.43. The number of carboxylic acids is 1. The van der Waals surface area contributed by atoms with Crippen LogP contribution in [-0.2, 0) is 17.8 Å². The zero-order valence-electron chi connectivity index (χ0n) is 10.8. The number of carbonyl (C=O) groups is 2. The first kappa shape index (κ1) is 14.1. The van der Waals surface area contributed by atoms with Gasteiger partial charge in [0.15, 0.2) is 5.69 Å². The molecule has 0 aliphatic heterocycles. The molecule has 1 aromatic rings. The predicted octanol–water partition coefficient (Wildman–Crippen LogP) is 0.311. The van der Waals surface area contributed by atoms with Crippen molar-refractivity contribution in [1.82, 2.24) is 20.3 Å². The topological polar surface area (TPSA) is 97.1 Å². The summed E-state index contributed by atoms with van der Waals surface area (Å²) in [6, 6.07) is 0. The van der Waals surface area contributed by atoms with Crippen molar-refractivity contribution >= 4 is 11.9 Å². The van der Waals surface area contributed by atoms with Crippen LogP contribution in [0.15, 0.2) is 0 Å². The van der Waals surface area contributed by atoms with Crippen LogP contribution in [0.1, 0.15) is 36.5 Å². The van der Waals surface area contributed by atoms with Crippen molar-refractivity contribution in [2.75, 3.05) is 7.05 Å². The van der Waals surface area contributed by atoms with Crippen LogP contribution in [0, 0.1) is 5.92 Å². The Balaban J connectivity index is 2.89. The summed E-state index contributed by atoms with van der Waals surface area (Å²) in [4.78, 5) is 22.2. The van der Waals surface area contributed by atoms with Gasteiger partial charge in [-0.05, 0) is 12.3 Å². The summed E-state index contributed by atoms with van der Waals surface area (Å²) in [6.07, 6.45) is 0.826. The summed E-state index contributed by atoms with van der Waals surface area (Å²) >= 11 is 0. The van der Waals surface area contributed by atoms with Gasteiger partial charge in [0.25, 0.3) is 0 Å². The van der Waals surface area contributed by atoms with E-state index in [1.807, 2.05) is 13.8 Å². The third kappa shape index (κ3) is 3.54. The number of carbonyl (C=O) groups excluding carboxylic acids is 1. The van der Waals surface area contributed by atoms with Gasteiger partial charge >= 0.3 is 5.97 Å². The quantitative estimate of drug-likeness (QED) is 0.761. The van der Waals surface area contributed by atoms with E-state index in [9.17, 15) is 9.59 Å². The number of rotatable bonds is 6. The molecule has 0 bridgehead atoms. The van der Waals surface area contributed by atoms with Gasteiger partial charge in [0.2, 0.25) is 5.91 Å². The van der Waals surface area contributed by atoms with Crippen molar-refractivity contribution < 1.29 is 14.7 Å². The monoisotopic (exact) mass is 254 g/mol. The third-order valence-electron chi connectivity index (χ3n) is 2.47. The van der Waals surface area contributed by atoms with E-state index in [0.29, 0.717) is 24.6 Å². The lowest BCUT2D eigenvalue weighted by atomic mass is 10.1. The van der Waals surface area contributed by atoms with Gasteiger partial charge in [0, 0.05) is 13.5 Å². The van der Waals surface area contributed by atoms with Crippen LogP contribution in [0.3, 0.4) is 0 Å². The fourth-order valence-corrected chi connectivity index (χ4v) is 1.60. The molecule has 0 spiro atoms. The van der Waals surface area contributed by atoms with E-state index in [1.165, 1.54) is 4.68 Å². The van der Waals surface area contributed by atoms with Gasteiger partial charge in [0.1, 0.15) is 0 Å². The van der Waals surface area contributed by atoms with E-state index in [0.717, 1.165) is 0 Å². The molecule has 100 valence electrons. The SMILES string of the molecule is CNC(=O)CCn1nnc(C(=O)O)c1CC(C)C. The molecule has 2 N–H and O–H groups in total. The van der Waals surface area contributed by atoms with E-state index in [1.54, 1.807) is 7.05 Å². The second-order valence-electron chi connectivity index (χ2n) is 4.43. The highest BCUT2D eigenvalue weighted by Gasteiger charge is 2.19. The van der Waals surface area contributed by atoms with Crippen molar-refractivity contribution in [1.29, 1.82) is 0 Å². The summed E-state index contributed by atoms with van der Waals surface area (Å²) in [7, 11) is 1.56. The number of carboxylic acid groups (broad SMARTS) is 1. The number of hydrogen-bond acceptors (Lipinski definition) is 4. The molecule has 0 saturated heterocycles. The molecule has 7 nitrogen and oxygen atoms in total. The zero-order valence-corrected chi connectivity index (χ0v) is 10.8. The summed E-state index contributed by atoms with van der Waals surface area (Å²) in [5, 5.41) is 19.0. The lowest BCUT2D eigenvalue weighted by Gasteiger charge is -2.08. The minimum atomic E-state index is -1.09. The Labute approximate surface area is 105 Å². The number of nitrogens with one attached hydrogen (secondary N) is 1. The summed E-state index contributed by atoms with van der Waals surface area (Å²) in [5.41, 5.74) is 0.544. The Kier molecular flexibility index (Phi) is 4.82. The highest BCUT2D eigenvalue weighted by molar-refractivity contribution is 5.86. The van der Waals surface area contributed by atoms with E-state index in [-0.39, 0.29) is 18.0 Å². The summed E-state index contributed by atoms with van der Waals surface area (Å²) < 4.78 is 1.50. The smallest absolute Gasteiger partial charge is 0.358 e. The minimum Gasteiger partial charge on any atom is -0.476 e. The van der Waals surface area contributed by atoms with Gasteiger partial charge in [-0.3, -0.25) is 4.79 Å². The summed E-state index contributed by atoms with van der Waals surface area (Å²) in [6.45, 7) is 4.31. The standard InChI is InChI=1S/C11H18N4O3/c1-7(2)6-8-10(11(17)18)13-14-15(8)5-4-9(16)12-3/h7H,4-6H2,1-3H3,(H,12,16)(H,17,18). The highest BCUT2D eigenvalue weighted by Crippen LogP contribution is 2.12. The molecule has 1 heterocycles. The van der Waals surface area contributed by atoms with Crippen LogP contribution in [-0.4, -0.2) is 39.0 Å². The normalized spacial score (nSPS) is 10.7. The largest absolute Gasteiger partial charge is 0.476 e. The fraction of sp³-hybridized carbons (Fsp3) is 0.636. The molecular formula is C11H18N4O3. The number of nitrogens with zero attached hydrogens (tertiary/aromatic N) is 3. The lowest BCUT2D eigenvalue weighted by molar-refractivity contribution is -0.120. The molecule has 7 heteroatoms. The third-order valence-corrected chi connectivity index (χ3v) is 2.47. The molecule has 0 saturated carbocycles. The van der Waals surface area contributed by atoms with Gasteiger partial charge in [-0.1, -0.05) is 19.1 Å². The highest BCUT2D eigenvalue weighted by atomic mass is 16.4. The molecule has 1 amide bonds. The number of aromatic carboxylic acids is 1. The van der Waals surface area contributed by atoms with E-state index in [4.69, 9.17) is 5.11 Å². The van der Waals surface area contributed by atoms with Crippen molar-refractivity contribution in [3.05, 3.63) is 11.4 Å². The maximum atomic E-state index is 11.2. The molecule has 0 fully saturated rings. The first-order valence-electron chi connectivity index (χ1n) is 5.82. The number of aryl methyl sites for hydroxylation is 1. The molecule has 0 unspecified atom stereocenters. The molecule has 0 aliphatic rings. The van der Waals surface area contributed by atoms with Gasteiger partial charge in [0.05, 0.1) is 12.2 Å². The molecule has 0 atom stereocenters. The average Bonchev–Trinajstić information content (AvgIpc) is 2.68. The van der Waals surface area contributed by atoms with Gasteiger partial charge in [-0.15, -0.1) is 5.10 Å². The molecular weight excluding hydrogens is 236 g/mol. The lowest BCUT2D eigenvalue weighted by Crippen LogP contribution is -2.21. The Morgan fingerprint density at radius 1 is 1.44 bits per heavy atom. The Morgan fingerprint density at radius 3 is 2.61 bits per heavy atom. The van der Waals surface area contributed by atoms with Crippen LogP contribution in [0.5, 0.6) is 0 Å². The second kappa shape index (κ2) is 6.13. The van der Waals surface area contributed by atoms with Crippen LogP contribution >= 0.6 is 0 Å². The Hall–Kier alpha value is -1.92. The first-order valence-corrected chi connectivity index (χ1v) is 5.82. The van der Waals surface area contributed by atoms with E-state index < -0.39 is 5.97 Å².